The third-order valence-electron chi connectivity index (χ3n) is 4.51. The van der Waals surface area contributed by atoms with Crippen molar-refractivity contribution in [2.24, 2.45) is 5.92 Å². The quantitative estimate of drug-likeness (QED) is 0.780. The van der Waals surface area contributed by atoms with Crippen LogP contribution in [0.25, 0.3) is 0 Å². The lowest BCUT2D eigenvalue weighted by Gasteiger charge is -2.35. The highest BCUT2D eigenvalue weighted by molar-refractivity contribution is 6.31. The molecule has 0 unspecified atom stereocenters. The second-order valence-electron chi connectivity index (χ2n) is 7.69. The molecule has 0 saturated carbocycles. The number of likely N-dealkylation sites (tertiary alicyclic amines) is 1. The molecule has 1 aliphatic heterocycles. The van der Waals surface area contributed by atoms with Gasteiger partial charge in [-0.3, -0.25) is 4.79 Å². The SMILES string of the molecule is CCN(Cc1ccccc1Cl)C(=O)C1CCN(C(=O)OC(C)(C)C)CC1. The fraction of sp³-hybridized carbons (Fsp3) is 0.600. The van der Waals surface area contributed by atoms with Gasteiger partial charge in [0, 0.05) is 37.1 Å². The zero-order valence-corrected chi connectivity index (χ0v) is 16.9. The van der Waals surface area contributed by atoms with Crippen LogP contribution < -0.4 is 0 Å². The first kappa shape index (κ1) is 20.6. The maximum absolute atomic E-state index is 12.9. The van der Waals surface area contributed by atoms with Crippen molar-refractivity contribution in [2.75, 3.05) is 19.6 Å². The molecular weight excluding hydrogens is 352 g/mol. The van der Waals surface area contributed by atoms with E-state index in [-0.39, 0.29) is 17.9 Å². The summed E-state index contributed by atoms with van der Waals surface area (Å²) in [6.07, 6.45) is 1.03. The third kappa shape index (κ3) is 5.63. The molecule has 1 aromatic carbocycles. The molecule has 144 valence electrons. The van der Waals surface area contributed by atoms with Gasteiger partial charge in [0.2, 0.25) is 5.91 Å². The minimum absolute atomic E-state index is 0.0591. The molecule has 2 rings (SSSR count). The van der Waals surface area contributed by atoms with E-state index in [0.29, 0.717) is 44.0 Å². The lowest BCUT2D eigenvalue weighted by molar-refractivity contribution is -0.137. The Morgan fingerprint density at radius 3 is 2.38 bits per heavy atom. The highest BCUT2D eigenvalue weighted by Gasteiger charge is 2.31. The Morgan fingerprint density at radius 2 is 1.85 bits per heavy atom. The van der Waals surface area contributed by atoms with E-state index in [0.717, 1.165) is 5.56 Å². The van der Waals surface area contributed by atoms with Crippen molar-refractivity contribution in [1.82, 2.24) is 9.80 Å². The number of rotatable bonds is 4. The van der Waals surface area contributed by atoms with E-state index in [1.807, 2.05) is 56.9 Å². The molecule has 0 aliphatic carbocycles. The molecular formula is C20H29ClN2O3. The smallest absolute Gasteiger partial charge is 0.410 e. The van der Waals surface area contributed by atoms with Crippen LogP contribution in [0.15, 0.2) is 24.3 Å². The van der Waals surface area contributed by atoms with Crippen LogP contribution in [0.4, 0.5) is 4.79 Å². The zero-order chi connectivity index (χ0) is 19.3. The lowest BCUT2D eigenvalue weighted by atomic mass is 9.95. The van der Waals surface area contributed by atoms with Crippen molar-refractivity contribution >= 4 is 23.6 Å². The Kier molecular flexibility index (Phi) is 6.93. The number of carbonyl (C=O) groups excluding carboxylic acids is 2. The zero-order valence-electron chi connectivity index (χ0n) is 16.1. The van der Waals surface area contributed by atoms with Crippen LogP contribution in [0.2, 0.25) is 5.02 Å². The highest BCUT2D eigenvalue weighted by atomic mass is 35.5. The predicted octanol–water partition coefficient (Wildman–Crippen LogP) is 4.34. The first-order chi connectivity index (χ1) is 12.2. The number of hydrogen-bond acceptors (Lipinski definition) is 3. The largest absolute Gasteiger partial charge is 0.444 e. The van der Waals surface area contributed by atoms with Gasteiger partial charge in [-0.05, 0) is 52.2 Å². The summed E-state index contributed by atoms with van der Waals surface area (Å²) in [6.45, 7) is 9.80. The number of hydrogen-bond donors (Lipinski definition) is 0. The van der Waals surface area contributed by atoms with E-state index in [4.69, 9.17) is 16.3 Å². The number of piperidine rings is 1. The average molecular weight is 381 g/mol. The van der Waals surface area contributed by atoms with Gasteiger partial charge < -0.3 is 14.5 Å². The molecule has 26 heavy (non-hydrogen) atoms. The van der Waals surface area contributed by atoms with Crippen molar-refractivity contribution < 1.29 is 14.3 Å². The standard InChI is InChI=1S/C20H29ClN2O3/c1-5-22(14-16-8-6-7-9-17(16)21)18(24)15-10-12-23(13-11-15)19(25)26-20(2,3)4/h6-9,15H,5,10-14H2,1-4H3. The molecule has 1 aromatic rings. The van der Waals surface area contributed by atoms with E-state index in [1.165, 1.54) is 0 Å². The number of halogens is 1. The van der Waals surface area contributed by atoms with Gasteiger partial charge >= 0.3 is 6.09 Å². The number of nitrogens with zero attached hydrogens (tertiary/aromatic N) is 2. The van der Waals surface area contributed by atoms with Crippen LogP contribution in [0.5, 0.6) is 0 Å². The molecule has 0 radical (unpaired) electrons. The van der Waals surface area contributed by atoms with Gasteiger partial charge in [0.05, 0.1) is 0 Å². The van der Waals surface area contributed by atoms with Crippen LogP contribution in [0.3, 0.4) is 0 Å². The number of benzene rings is 1. The van der Waals surface area contributed by atoms with Gasteiger partial charge in [0.25, 0.3) is 0 Å². The summed E-state index contributed by atoms with van der Waals surface area (Å²) >= 11 is 6.23. The first-order valence-electron chi connectivity index (χ1n) is 9.21. The predicted molar refractivity (Wildman–Crippen MR) is 103 cm³/mol. The number of carbonyl (C=O) groups is 2. The van der Waals surface area contributed by atoms with Crippen LogP contribution in [0, 0.1) is 5.92 Å². The Balaban J connectivity index is 1.92. The molecule has 1 saturated heterocycles. The number of ether oxygens (including phenoxy) is 1. The topological polar surface area (TPSA) is 49.9 Å². The third-order valence-corrected chi connectivity index (χ3v) is 4.88. The summed E-state index contributed by atoms with van der Waals surface area (Å²) in [5.74, 6) is 0.0763. The molecule has 1 aliphatic rings. The summed E-state index contributed by atoms with van der Waals surface area (Å²) in [4.78, 5) is 28.6. The lowest BCUT2D eigenvalue weighted by Crippen LogP contribution is -2.45. The molecule has 5 nitrogen and oxygen atoms in total. The fourth-order valence-electron chi connectivity index (χ4n) is 3.07. The minimum atomic E-state index is -0.502. The van der Waals surface area contributed by atoms with Crippen LogP contribution >= 0.6 is 11.6 Å². The monoisotopic (exact) mass is 380 g/mol. The Labute approximate surface area is 161 Å². The molecule has 0 aromatic heterocycles. The second-order valence-corrected chi connectivity index (χ2v) is 8.09. The Morgan fingerprint density at radius 1 is 1.23 bits per heavy atom. The summed E-state index contributed by atoms with van der Waals surface area (Å²) in [7, 11) is 0. The van der Waals surface area contributed by atoms with Crippen molar-refractivity contribution in [1.29, 1.82) is 0 Å². The average Bonchev–Trinajstić information content (AvgIpc) is 2.59. The van der Waals surface area contributed by atoms with Crippen LogP contribution in [-0.4, -0.2) is 47.0 Å². The van der Waals surface area contributed by atoms with Gasteiger partial charge in [-0.25, -0.2) is 4.79 Å². The molecule has 6 heteroatoms. The molecule has 1 heterocycles. The Bertz CT molecular complexity index is 634. The summed E-state index contributed by atoms with van der Waals surface area (Å²) in [5, 5.41) is 0.679. The van der Waals surface area contributed by atoms with E-state index < -0.39 is 5.60 Å². The van der Waals surface area contributed by atoms with E-state index in [2.05, 4.69) is 0 Å². The molecule has 0 spiro atoms. The first-order valence-corrected chi connectivity index (χ1v) is 9.59. The minimum Gasteiger partial charge on any atom is -0.444 e. The molecule has 2 amide bonds. The van der Waals surface area contributed by atoms with Crippen molar-refractivity contribution in [3.05, 3.63) is 34.9 Å². The van der Waals surface area contributed by atoms with Crippen LogP contribution in [0.1, 0.15) is 46.1 Å². The van der Waals surface area contributed by atoms with Crippen molar-refractivity contribution in [3.63, 3.8) is 0 Å². The summed E-state index contributed by atoms with van der Waals surface area (Å²) in [6, 6.07) is 7.60. The van der Waals surface area contributed by atoms with Crippen molar-refractivity contribution in [3.8, 4) is 0 Å². The molecule has 1 fully saturated rings. The van der Waals surface area contributed by atoms with E-state index in [9.17, 15) is 9.59 Å². The highest BCUT2D eigenvalue weighted by Crippen LogP contribution is 2.24. The van der Waals surface area contributed by atoms with Gasteiger partial charge in [0.15, 0.2) is 0 Å². The maximum Gasteiger partial charge on any atom is 0.410 e. The van der Waals surface area contributed by atoms with Gasteiger partial charge in [-0.1, -0.05) is 29.8 Å². The maximum atomic E-state index is 12.9. The number of amides is 2. The molecule has 0 atom stereocenters. The fourth-order valence-corrected chi connectivity index (χ4v) is 3.27. The van der Waals surface area contributed by atoms with E-state index in [1.54, 1.807) is 4.90 Å². The molecule has 0 bridgehead atoms. The van der Waals surface area contributed by atoms with Gasteiger partial charge in [-0.15, -0.1) is 0 Å². The second kappa shape index (κ2) is 8.76. The van der Waals surface area contributed by atoms with Crippen molar-refractivity contribution in [2.45, 2.75) is 52.7 Å². The van der Waals surface area contributed by atoms with Gasteiger partial charge in [0.1, 0.15) is 5.60 Å². The summed E-state index contributed by atoms with van der Waals surface area (Å²) in [5.41, 5.74) is 0.452. The van der Waals surface area contributed by atoms with Crippen LogP contribution in [-0.2, 0) is 16.1 Å². The Hall–Kier alpha value is -1.75. The summed E-state index contributed by atoms with van der Waals surface area (Å²) < 4.78 is 5.41. The van der Waals surface area contributed by atoms with Gasteiger partial charge in [-0.2, -0.15) is 0 Å². The van der Waals surface area contributed by atoms with E-state index >= 15 is 0 Å². The normalized spacial score (nSPS) is 15.7. The molecule has 0 N–H and O–H groups in total.